The van der Waals surface area contributed by atoms with Crippen molar-refractivity contribution in [3.63, 3.8) is 0 Å². The average molecular weight is 325 g/mol. The van der Waals surface area contributed by atoms with Gasteiger partial charge >= 0.3 is 54.9 Å². The predicted molar refractivity (Wildman–Crippen MR) is 34.5 cm³/mol. The summed E-state index contributed by atoms with van der Waals surface area (Å²) in [5.74, 6) is -0.759. The second-order valence-electron chi connectivity index (χ2n) is 0.527. The number of halogens is 1. The second-order valence-corrected chi connectivity index (χ2v) is 1.29. The van der Waals surface area contributed by atoms with E-state index in [0.29, 0.717) is 0 Å². The molecule has 2 nitrogen and oxygen atoms in total. The van der Waals surface area contributed by atoms with Gasteiger partial charge in [0.25, 0.3) is 0 Å². The Morgan fingerprint density at radius 1 is 2.00 bits per heavy atom. The second kappa shape index (κ2) is 6.77. The van der Waals surface area contributed by atoms with Gasteiger partial charge in [-0.15, -0.1) is 0 Å². The van der Waals surface area contributed by atoms with Gasteiger partial charge in [-0.1, -0.05) is 22.6 Å². The Labute approximate surface area is 92.9 Å². The quantitative estimate of drug-likeness (QED) is 0.429. The number of rotatable bonds is 1. The molecule has 0 aromatic heterocycles. The van der Waals surface area contributed by atoms with Crippen LogP contribution in [0.25, 0.3) is 0 Å². The molecule has 4 heteroatoms. The Morgan fingerprint density at radius 3 is 2.17 bits per heavy atom. The van der Waals surface area contributed by atoms with Crippen molar-refractivity contribution in [3.8, 4) is 0 Å². The van der Waals surface area contributed by atoms with Crippen molar-refractivity contribution >= 4 is 77.4 Å². The number of hydrogen-bond acceptors (Lipinski definition) is 1. The SMILES string of the molecule is O=C(O)CI.[Ba+2].[H-].[H-]. The molecule has 0 aliphatic carbocycles. The molecule has 0 radical (unpaired) electrons. The summed E-state index contributed by atoms with van der Waals surface area (Å²) in [4.78, 5) is 9.36. The first-order valence-electron chi connectivity index (χ1n) is 1.05. The fourth-order valence-electron chi connectivity index (χ4n) is 0. The summed E-state index contributed by atoms with van der Waals surface area (Å²) in [6.45, 7) is 0. The van der Waals surface area contributed by atoms with Crippen molar-refractivity contribution in [1.29, 1.82) is 0 Å². The Kier molecular flexibility index (Phi) is 12.1. The molecule has 0 aliphatic heterocycles. The topological polar surface area (TPSA) is 37.3 Å². The van der Waals surface area contributed by atoms with Crippen LogP contribution in [0.15, 0.2) is 0 Å². The van der Waals surface area contributed by atoms with Crippen LogP contribution in [-0.4, -0.2) is 64.4 Å². The molecule has 34 valence electrons. The summed E-state index contributed by atoms with van der Waals surface area (Å²) in [5.41, 5.74) is 0. The molecule has 0 aromatic carbocycles. The van der Waals surface area contributed by atoms with E-state index in [1.807, 2.05) is 0 Å². The van der Waals surface area contributed by atoms with Crippen LogP contribution < -0.4 is 0 Å². The summed E-state index contributed by atoms with van der Waals surface area (Å²) >= 11 is 1.78. The number of carboxylic acid groups (broad SMARTS) is 1. The van der Waals surface area contributed by atoms with Crippen molar-refractivity contribution in [3.05, 3.63) is 0 Å². The van der Waals surface area contributed by atoms with Crippen LogP contribution in [0.4, 0.5) is 0 Å². The van der Waals surface area contributed by atoms with Gasteiger partial charge in [0.15, 0.2) is 0 Å². The van der Waals surface area contributed by atoms with E-state index in [1.165, 1.54) is 0 Å². The maximum absolute atomic E-state index is 9.36. The first kappa shape index (κ1) is 10.7. The summed E-state index contributed by atoms with van der Waals surface area (Å²) in [5, 5.41) is 7.71. The minimum atomic E-state index is -0.759. The van der Waals surface area contributed by atoms with E-state index < -0.39 is 5.97 Å². The van der Waals surface area contributed by atoms with Gasteiger partial charge in [0.1, 0.15) is 0 Å². The Balaban J connectivity index is -0.0000000267. The van der Waals surface area contributed by atoms with Crippen LogP contribution >= 0.6 is 22.6 Å². The molecule has 0 aromatic rings. The van der Waals surface area contributed by atoms with Gasteiger partial charge in [-0.3, -0.25) is 4.79 Å². The molecule has 1 N–H and O–H groups in total. The third-order valence-electron chi connectivity index (χ3n) is 0.114. The summed E-state index contributed by atoms with van der Waals surface area (Å²) in [6, 6.07) is 0. The zero-order chi connectivity index (χ0) is 4.28. The van der Waals surface area contributed by atoms with E-state index in [1.54, 1.807) is 22.6 Å². The zero-order valence-electron chi connectivity index (χ0n) is 5.15. The van der Waals surface area contributed by atoms with Gasteiger partial charge in [0.05, 0.1) is 4.43 Å². The van der Waals surface area contributed by atoms with Gasteiger partial charge in [0.2, 0.25) is 0 Å². The summed E-state index contributed by atoms with van der Waals surface area (Å²) < 4.78 is 0.192. The van der Waals surface area contributed by atoms with Gasteiger partial charge < -0.3 is 7.96 Å². The van der Waals surface area contributed by atoms with Crippen molar-refractivity contribution < 1.29 is 12.8 Å². The molecule has 0 fully saturated rings. The molecule has 0 rings (SSSR count). The fraction of sp³-hybridized carbons (Fsp3) is 0.500. The molecular weight excluding hydrogens is 320 g/mol. The molecule has 0 amide bonds. The monoisotopic (exact) mass is 326 g/mol. The van der Waals surface area contributed by atoms with Crippen LogP contribution in [0.1, 0.15) is 2.85 Å². The minimum Gasteiger partial charge on any atom is -1.00 e. The number of aliphatic carboxylic acids is 1. The molecule has 0 heterocycles. The number of carboxylic acids is 1. The Morgan fingerprint density at radius 2 is 2.17 bits per heavy atom. The molecule has 0 saturated heterocycles. The smallest absolute Gasteiger partial charge is 1.00 e. The number of carbonyl (C=O) groups is 1. The molecule has 6 heavy (non-hydrogen) atoms. The maximum atomic E-state index is 9.36. The molecule has 0 atom stereocenters. The molecular formula is C2H5BaIO2. The van der Waals surface area contributed by atoms with Gasteiger partial charge in [0, 0.05) is 0 Å². The number of alkyl halides is 1. The van der Waals surface area contributed by atoms with Crippen LogP contribution in [0.3, 0.4) is 0 Å². The number of hydrogen-bond donors (Lipinski definition) is 1. The predicted octanol–water partition coefficient (Wildman–Crippen LogP) is 0.350. The zero-order valence-corrected chi connectivity index (χ0v) is 9.75. The van der Waals surface area contributed by atoms with Crippen molar-refractivity contribution in [2.24, 2.45) is 0 Å². The van der Waals surface area contributed by atoms with Crippen LogP contribution in [0.2, 0.25) is 0 Å². The molecule has 0 aliphatic rings. The van der Waals surface area contributed by atoms with Gasteiger partial charge in [-0.25, -0.2) is 0 Å². The van der Waals surface area contributed by atoms with E-state index in [2.05, 4.69) is 0 Å². The third-order valence-corrected chi connectivity index (χ3v) is 0.767. The summed E-state index contributed by atoms with van der Waals surface area (Å²) in [7, 11) is 0. The van der Waals surface area contributed by atoms with E-state index >= 15 is 0 Å². The maximum Gasteiger partial charge on any atom is 2.00 e. The van der Waals surface area contributed by atoms with Crippen LogP contribution in [-0.2, 0) is 4.79 Å². The molecule has 0 saturated carbocycles. The Bertz CT molecular complexity index is 53.3. The minimum absolute atomic E-state index is 0. The van der Waals surface area contributed by atoms with Crippen LogP contribution in [0.5, 0.6) is 0 Å². The fourth-order valence-corrected chi connectivity index (χ4v) is 0. The standard InChI is InChI=1S/C2H3IO2.Ba.2H/c3-1-2(4)5;;;/h1H2,(H,4,5);;;/q;+2;2*-1. The van der Waals surface area contributed by atoms with Crippen molar-refractivity contribution in [1.82, 2.24) is 0 Å². The molecule has 0 unspecified atom stereocenters. The van der Waals surface area contributed by atoms with E-state index in [0.717, 1.165) is 0 Å². The van der Waals surface area contributed by atoms with E-state index in [-0.39, 0.29) is 56.2 Å². The molecule has 0 spiro atoms. The van der Waals surface area contributed by atoms with Crippen LogP contribution in [0, 0.1) is 0 Å². The van der Waals surface area contributed by atoms with Gasteiger partial charge in [-0.2, -0.15) is 0 Å². The normalized spacial score (nSPS) is 6.17. The first-order chi connectivity index (χ1) is 2.27. The van der Waals surface area contributed by atoms with Crippen molar-refractivity contribution in [2.75, 3.05) is 4.43 Å². The van der Waals surface area contributed by atoms with Crippen molar-refractivity contribution in [2.45, 2.75) is 0 Å². The van der Waals surface area contributed by atoms with E-state index in [4.69, 9.17) is 5.11 Å². The van der Waals surface area contributed by atoms with E-state index in [9.17, 15) is 4.79 Å². The largest absolute Gasteiger partial charge is 2.00 e. The van der Waals surface area contributed by atoms with Gasteiger partial charge in [-0.05, 0) is 0 Å². The first-order valence-corrected chi connectivity index (χ1v) is 2.57. The average Bonchev–Trinajstić information content (AvgIpc) is 1.38. The molecule has 0 bridgehead atoms. The summed E-state index contributed by atoms with van der Waals surface area (Å²) in [6.07, 6.45) is 0. The Hall–Kier alpha value is 1.77. The third kappa shape index (κ3) is 9.24.